The molecule has 21 heavy (non-hydrogen) atoms. The molecule has 0 saturated heterocycles. The minimum Gasteiger partial charge on any atom is -0.366 e. The summed E-state index contributed by atoms with van der Waals surface area (Å²) in [5.41, 5.74) is 10.6. The van der Waals surface area contributed by atoms with Crippen molar-refractivity contribution in [2.75, 3.05) is 0 Å². The Labute approximate surface area is 126 Å². The predicted molar refractivity (Wildman–Crippen MR) is 83.1 cm³/mol. The molecule has 2 N–H and O–H groups in total. The standard InChI is InChI=1S/C16H13N3OS/c17-15(20)14-9-12(8-11-4-2-1-3-5-11)6-7-13(14)16-19-18-10-21-16/h1-7,9-10H,8H2,(H2,17,20). The Balaban J connectivity index is 1.98. The Morgan fingerprint density at radius 3 is 2.57 bits per heavy atom. The Morgan fingerprint density at radius 2 is 1.90 bits per heavy atom. The highest BCUT2D eigenvalue weighted by molar-refractivity contribution is 7.12. The molecule has 5 heteroatoms. The van der Waals surface area contributed by atoms with Gasteiger partial charge < -0.3 is 5.73 Å². The number of hydrogen-bond acceptors (Lipinski definition) is 4. The molecule has 1 aromatic heterocycles. The predicted octanol–water partition coefficient (Wildman–Crippen LogP) is 2.89. The first-order chi connectivity index (χ1) is 10.2. The van der Waals surface area contributed by atoms with Gasteiger partial charge in [0.25, 0.3) is 0 Å². The number of carbonyl (C=O) groups is 1. The van der Waals surface area contributed by atoms with Crippen molar-refractivity contribution in [3.63, 3.8) is 0 Å². The summed E-state index contributed by atoms with van der Waals surface area (Å²) in [6.07, 6.45) is 0.761. The maximum Gasteiger partial charge on any atom is 0.249 e. The van der Waals surface area contributed by atoms with Crippen LogP contribution in [0.5, 0.6) is 0 Å². The summed E-state index contributed by atoms with van der Waals surface area (Å²) in [5, 5.41) is 8.51. The molecule has 3 rings (SSSR count). The lowest BCUT2D eigenvalue weighted by molar-refractivity contribution is 0.100. The van der Waals surface area contributed by atoms with Crippen LogP contribution in [0.4, 0.5) is 0 Å². The molecule has 104 valence electrons. The van der Waals surface area contributed by atoms with Gasteiger partial charge >= 0.3 is 0 Å². The van der Waals surface area contributed by atoms with E-state index in [0.717, 1.165) is 17.5 Å². The molecular formula is C16H13N3OS. The number of nitrogens with two attached hydrogens (primary N) is 1. The number of hydrogen-bond donors (Lipinski definition) is 1. The van der Waals surface area contributed by atoms with Gasteiger partial charge in [-0.1, -0.05) is 53.8 Å². The van der Waals surface area contributed by atoms with E-state index in [1.54, 1.807) is 5.51 Å². The van der Waals surface area contributed by atoms with Gasteiger partial charge in [-0.3, -0.25) is 4.79 Å². The van der Waals surface area contributed by atoms with E-state index in [1.807, 2.05) is 36.4 Å². The molecule has 0 aliphatic rings. The molecule has 0 aliphatic carbocycles. The van der Waals surface area contributed by atoms with Gasteiger partial charge in [-0.25, -0.2) is 0 Å². The topological polar surface area (TPSA) is 68.9 Å². The monoisotopic (exact) mass is 295 g/mol. The summed E-state index contributed by atoms with van der Waals surface area (Å²) in [5.74, 6) is -0.449. The van der Waals surface area contributed by atoms with E-state index in [1.165, 1.54) is 16.9 Å². The third-order valence-electron chi connectivity index (χ3n) is 3.19. The van der Waals surface area contributed by atoms with Crippen molar-refractivity contribution in [2.24, 2.45) is 5.73 Å². The molecule has 0 saturated carbocycles. The van der Waals surface area contributed by atoms with Crippen molar-refractivity contribution in [3.8, 4) is 10.6 Å². The van der Waals surface area contributed by atoms with Gasteiger partial charge in [-0.15, -0.1) is 10.2 Å². The first kappa shape index (κ1) is 13.5. The SMILES string of the molecule is NC(=O)c1cc(Cc2ccccc2)ccc1-c1nncs1. The largest absolute Gasteiger partial charge is 0.366 e. The number of benzene rings is 2. The van der Waals surface area contributed by atoms with Crippen LogP contribution in [0.25, 0.3) is 10.6 Å². The number of carbonyl (C=O) groups excluding carboxylic acids is 1. The number of primary amides is 1. The van der Waals surface area contributed by atoms with Crippen LogP contribution >= 0.6 is 11.3 Å². The highest BCUT2D eigenvalue weighted by atomic mass is 32.1. The lowest BCUT2D eigenvalue weighted by Crippen LogP contribution is -2.13. The van der Waals surface area contributed by atoms with Gasteiger partial charge in [0.2, 0.25) is 5.91 Å². The molecular weight excluding hydrogens is 282 g/mol. The van der Waals surface area contributed by atoms with Crippen LogP contribution in [-0.2, 0) is 6.42 Å². The van der Waals surface area contributed by atoms with Crippen molar-refractivity contribution in [2.45, 2.75) is 6.42 Å². The summed E-state index contributed by atoms with van der Waals surface area (Å²) in [4.78, 5) is 11.7. The molecule has 0 atom stereocenters. The van der Waals surface area contributed by atoms with Crippen LogP contribution in [0, 0.1) is 0 Å². The molecule has 1 amide bonds. The summed E-state index contributed by atoms with van der Waals surface area (Å²) < 4.78 is 0. The van der Waals surface area contributed by atoms with E-state index >= 15 is 0 Å². The summed E-state index contributed by atoms with van der Waals surface area (Å²) >= 11 is 1.39. The average molecular weight is 295 g/mol. The van der Waals surface area contributed by atoms with Gasteiger partial charge in [-0.2, -0.15) is 0 Å². The van der Waals surface area contributed by atoms with Gasteiger partial charge in [0.05, 0.1) is 0 Å². The second-order valence-electron chi connectivity index (χ2n) is 4.65. The highest BCUT2D eigenvalue weighted by Crippen LogP contribution is 2.26. The van der Waals surface area contributed by atoms with E-state index in [2.05, 4.69) is 22.3 Å². The third-order valence-corrected chi connectivity index (χ3v) is 3.92. The number of rotatable bonds is 4. The van der Waals surface area contributed by atoms with Crippen molar-refractivity contribution in [1.29, 1.82) is 0 Å². The third kappa shape index (κ3) is 2.98. The van der Waals surface area contributed by atoms with Crippen LogP contribution in [0.1, 0.15) is 21.5 Å². The van der Waals surface area contributed by atoms with Gasteiger partial charge in [0, 0.05) is 11.1 Å². The zero-order chi connectivity index (χ0) is 14.7. The molecule has 0 spiro atoms. The molecule has 1 heterocycles. The van der Waals surface area contributed by atoms with Crippen LogP contribution in [-0.4, -0.2) is 16.1 Å². The molecule has 0 unspecified atom stereocenters. The first-order valence-corrected chi connectivity index (χ1v) is 7.35. The second-order valence-corrected chi connectivity index (χ2v) is 5.48. The van der Waals surface area contributed by atoms with E-state index in [9.17, 15) is 4.79 Å². The van der Waals surface area contributed by atoms with Crippen LogP contribution in [0.15, 0.2) is 54.0 Å². The van der Waals surface area contributed by atoms with Crippen LogP contribution in [0.2, 0.25) is 0 Å². The minimum atomic E-state index is -0.449. The van der Waals surface area contributed by atoms with Gasteiger partial charge in [-0.05, 0) is 23.6 Å². The van der Waals surface area contributed by atoms with Crippen LogP contribution in [0.3, 0.4) is 0 Å². The zero-order valence-electron chi connectivity index (χ0n) is 11.2. The fourth-order valence-electron chi connectivity index (χ4n) is 2.21. The number of nitrogens with zero attached hydrogens (tertiary/aromatic N) is 2. The zero-order valence-corrected chi connectivity index (χ0v) is 12.0. The summed E-state index contributed by atoms with van der Waals surface area (Å²) in [6.45, 7) is 0. The highest BCUT2D eigenvalue weighted by Gasteiger charge is 2.13. The van der Waals surface area contributed by atoms with Crippen LogP contribution < -0.4 is 5.73 Å². The minimum absolute atomic E-state index is 0.449. The smallest absolute Gasteiger partial charge is 0.249 e. The van der Waals surface area contributed by atoms with Crippen molar-refractivity contribution in [3.05, 3.63) is 70.7 Å². The molecule has 4 nitrogen and oxygen atoms in total. The fourth-order valence-corrected chi connectivity index (χ4v) is 2.81. The van der Waals surface area contributed by atoms with E-state index in [-0.39, 0.29) is 0 Å². The molecule has 0 fully saturated rings. The maximum atomic E-state index is 11.7. The number of aromatic nitrogens is 2. The molecule has 3 aromatic rings. The maximum absolute atomic E-state index is 11.7. The lowest BCUT2D eigenvalue weighted by Gasteiger charge is -2.07. The Hall–Kier alpha value is -2.53. The van der Waals surface area contributed by atoms with E-state index in [0.29, 0.717) is 10.6 Å². The van der Waals surface area contributed by atoms with Crippen molar-refractivity contribution >= 4 is 17.2 Å². The first-order valence-electron chi connectivity index (χ1n) is 6.47. The lowest BCUT2D eigenvalue weighted by atomic mass is 9.99. The Kier molecular flexibility index (Phi) is 3.75. The van der Waals surface area contributed by atoms with E-state index in [4.69, 9.17) is 5.73 Å². The fraction of sp³-hybridized carbons (Fsp3) is 0.0625. The number of amides is 1. The summed E-state index contributed by atoms with van der Waals surface area (Å²) in [6, 6.07) is 15.8. The van der Waals surface area contributed by atoms with Gasteiger partial charge in [0.15, 0.2) is 0 Å². The molecule has 0 radical (unpaired) electrons. The van der Waals surface area contributed by atoms with Gasteiger partial charge in [0.1, 0.15) is 10.5 Å². The van der Waals surface area contributed by atoms with E-state index < -0.39 is 5.91 Å². The Bertz CT molecular complexity index is 754. The van der Waals surface area contributed by atoms with Crippen molar-refractivity contribution < 1.29 is 4.79 Å². The summed E-state index contributed by atoms with van der Waals surface area (Å²) in [7, 11) is 0. The molecule has 2 aromatic carbocycles. The normalized spacial score (nSPS) is 10.5. The molecule has 0 bridgehead atoms. The average Bonchev–Trinajstić information content (AvgIpc) is 3.02. The Morgan fingerprint density at radius 1 is 1.10 bits per heavy atom. The molecule has 0 aliphatic heterocycles. The second kappa shape index (κ2) is 5.85. The quantitative estimate of drug-likeness (QED) is 0.804. The van der Waals surface area contributed by atoms with Crippen molar-refractivity contribution in [1.82, 2.24) is 10.2 Å².